The van der Waals surface area contributed by atoms with E-state index in [1.807, 2.05) is 36.4 Å². The highest BCUT2D eigenvalue weighted by atomic mass is 35.5. The molecule has 4 nitrogen and oxygen atoms in total. The zero-order valence-electron chi connectivity index (χ0n) is 12.2. The number of para-hydroxylation sites is 2. The number of amides is 1. The highest BCUT2D eigenvalue weighted by molar-refractivity contribution is 6.30. The molecule has 0 fully saturated rings. The highest BCUT2D eigenvalue weighted by Crippen LogP contribution is 2.10. The molecule has 23 heavy (non-hydrogen) atoms. The van der Waals surface area contributed by atoms with Gasteiger partial charge in [-0.2, -0.15) is 0 Å². The summed E-state index contributed by atoms with van der Waals surface area (Å²) in [5.74, 6) is -0.185. The predicted molar refractivity (Wildman–Crippen MR) is 91.9 cm³/mol. The lowest BCUT2D eigenvalue weighted by Gasteiger charge is -2.02. The summed E-state index contributed by atoms with van der Waals surface area (Å²) < 4.78 is 0. The standard InChI is InChI=1S/C18H14ClN3O/c19-14-7-5-13(6-8-14)11-21-18(23)10-9-15-12-20-16-3-1-2-4-17(16)22-15/h1-10,12H,11H2,(H,21,23)/b10-9+. The van der Waals surface area contributed by atoms with Gasteiger partial charge in [-0.15, -0.1) is 0 Å². The minimum atomic E-state index is -0.185. The van der Waals surface area contributed by atoms with Crippen LogP contribution in [0.5, 0.6) is 0 Å². The Bertz CT molecular complexity index is 860. The second-order valence-corrected chi connectivity index (χ2v) is 5.40. The lowest BCUT2D eigenvalue weighted by molar-refractivity contribution is -0.116. The van der Waals surface area contributed by atoms with Crippen LogP contribution in [0.25, 0.3) is 17.1 Å². The van der Waals surface area contributed by atoms with Crippen LogP contribution in [0, 0.1) is 0 Å². The summed E-state index contributed by atoms with van der Waals surface area (Å²) in [6.45, 7) is 0.448. The maximum Gasteiger partial charge on any atom is 0.244 e. The van der Waals surface area contributed by atoms with Crippen molar-refractivity contribution >= 4 is 34.6 Å². The predicted octanol–water partition coefficient (Wildman–Crippen LogP) is 3.61. The van der Waals surface area contributed by atoms with Crippen molar-refractivity contribution in [2.75, 3.05) is 0 Å². The molecule has 0 saturated carbocycles. The van der Waals surface area contributed by atoms with Crippen LogP contribution in [0.4, 0.5) is 0 Å². The second kappa shape index (κ2) is 7.03. The van der Waals surface area contributed by atoms with Gasteiger partial charge in [0.2, 0.25) is 5.91 Å². The van der Waals surface area contributed by atoms with Crippen molar-refractivity contribution in [2.24, 2.45) is 0 Å². The Morgan fingerprint density at radius 1 is 1.09 bits per heavy atom. The number of nitrogens with zero attached hydrogens (tertiary/aromatic N) is 2. The van der Waals surface area contributed by atoms with Crippen molar-refractivity contribution in [2.45, 2.75) is 6.54 Å². The van der Waals surface area contributed by atoms with E-state index in [2.05, 4.69) is 15.3 Å². The van der Waals surface area contributed by atoms with Crippen LogP contribution < -0.4 is 5.32 Å². The number of nitrogens with one attached hydrogen (secondary N) is 1. The molecule has 0 radical (unpaired) electrons. The van der Waals surface area contributed by atoms with Crippen molar-refractivity contribution in [1.29, 1.82) is 0 Å². The molecule has 1 amide bonds. The van der Waals surface area contributed by atoms with Gasteiger partial charge in [-0.3, -0.25) is 9.78 Å². The molecule has 0 spiro atoms. The van der Waals surface area contributed by atoms with Crippen molar-refractivity contribution in [3.63, 3.8) is 0 Å². The molecule has 2 aromatic carbocycles. The van der Waals surface area contributed by atoms with Gasteiger partial charge in [0.05, 0.1) is 22.9 Å². The summed E-state index contributed by atoms with van der Waals surface area (Å²) in [6.07, 6.45) is 4.75. The molecular formula is C18H14ClN3O. The highest BCUT2D eigenvalue weighted by Gasteiger charge is 1.99. The first-order chi connectivity index (χ1) is 11.2. The van der Waals surface area contributed by atoms with Crippen LogP contribution in [0.15, 0.2) is 60.8 Å². The van der Waals surface area contributed by atoms with Gasteiger partial charge in [-0.25, -0.2) is 4.98 Å². The van der Waals surface area contributed by atoms with Crippen LogP contribution in [0.1, 0.15) is 11.3 Å². The number of hydrogen-bond donors (Lipinski definition) is 1. The fraction of sp³-hybridized carbons (Fsp3) is 0.0556. The summed E-state index contributed by atoms with van der Waals surface area (Å²) in [6, 6.07) is 14.9. The molecule has 3 aromatic rings. The SMILES string of the molecule is O=C(/C=C/c1cnc2ccccc2n1)NCc1ccc(Cl)cc1. The van der Waals surface area contributed by atoms with Crippen molar-refractivity contribution < 1.29 is 4.79 Å². The molecule has 114 valence electrons. The smallest absolute Gasteiger partial charge is 0.244 e. The quantitative estimate of drug-likeness (QED) is 0.746. The number of carbonyl (C=O) groups excluding carboxylic acids is 1. The van der Waals surface area contributed by atoms with Gasteiger partial charge in [0.25, 0.3) is 0 Å². The Balaban J connectivity index is 1.61. The number of rotatable bonds is 4. The van der Waals surface area contributed by atoms with Crippen LogP contribution in [0.2, 0.25) is 5.02 Å². The average molecular weight is 324 g/mol. The number of benzene rings is 2. The van der Waals surface area contributed by atoms with Crippen LogP contribution in [-0.2, 0) is 11.3 Å². The summed E-state index contributed by atoms with van der Waals surface area (Å²) >= 11 is 5.82. The van der Waals surface area contributed by atoms with E-state index in [-0.39, 0.29) is 5.91 Å². The fourth-order valence-corrected chi connectivity index (χ4v) is 2.19. The molecular weight excluding hydrogens is 310 g/mol. The lowest BCUT2D eigenvalue weighted by Crippen LogP contribution is -2.20. The Morgan fingerprint density at radius 3 is 2.61 bits per heavy atom. The minimum absolute atomic E-state index is 0.185. The summed E-state index contributed by atoms with van der Waals surface area (Å²) in [5.41, 5.74) is 3.26. The molecule has 0 aliphatic heterocycles. The van der Waals surface area contributed by atoms with Crippen molar-refractivity contribution in [3.05, 3.63) is 77.1 Å². The van der Waals surface area contributed by atoms with E-state index in [9.17, 15) is 4.79 Å². The Labute approximate surface area is 138 Å². The van der Waals surface area contributed by atoms with Gasteiger partial charge in [0, 0.05) is 17.6 Å². The molecule has 5 heteroatoms. The number of fused-ring (bicyclic) bond motifs is 1. The van der Waals surface area contributed by atoms with Crippen LogP contribution in [-0.4, -0.2) is 15.9 Å². The summed E-state index contributed by atoms with van der Waals surface area (Å²) in [7, 11) is 0. The summed E-state index contributed by atoms with van der Waals surface area (Å²) in [5, 5.41) is 3.48. The van der Waals surface area contributed by atoms with E-state index in [0.717, 1.165) is 16.6 Å². The maximum atomic E-state index is 11.8. The first-order valence-electron chi connectivity index (χ1n) is 7.13. The molecule has 0 unspecified atom stereocenters. The normalized spacial score (nSPS) is 11.0. The average Bonchev–Trinajstić information content (AvgIpc) is 2.59. The first-order valence-corrected chi connectivity index (χ1v) is 7.51. The summed E-state index contributed by atoms with van der Waals surface area (Å²) in [4.78, 5) is 20.6. The molecule has 0 bridgehead atoms. The van der Waals surface area contributed by atoms with E-state index >= 15 is 0 Å². The van der Waals surface area contributed by atoms with E-state index in [1.54, 1.807) is 24.4 Å². The molecule has 0 saturated heterocycles. The minimum Gasteiger partial charge on any atom is -0.348 e. The van der Waals surface area contributed by atoms with Crippen molar-refractivity contribution in [3.8, 4) is 0 Å². The molecule has 1 heterocycles. The van der Waals surface area contributed by atoms with E-state index in [4.69, 9.17) is 11.6 Å². The second-order valence-electron chi connectivity index (χ2n) is 4.96. The Morgan fingerprint density at radius 2 is 1.83 bits per heavy atom. The number of halogens is 1. The zero-order valence-corrected chi connectivity index (χ0v) is 13.0. The van der Waals surface area contributed by atoms with E-state index in [0.29, 0.717) is 17.3 Å². The first kappa shape index (κ1) is 15.2. The topological polar surface area (TPSA) is 54.9 Å². The molecule has 1 aromatic heterocycles. The third kappa shape index (κ3) is 4.14. The van der Waals surface area contributed by atoms with Gasteiger partial charge in [0.1, 0.15) is 0 Å². The number of carbonyl (C=O) groups is 1. The van der Waals surface area contributed by atoms with Gasteiger partial charge >= 0.3 is 0 Å². The molecule has 1 N–H and O–H groups in total. The molecule has 0 atom stereocenters. The van der Waals surface area contributed by atoms with Gasteiger partial charge < -0.3 is 5.32 Å². The van der Waals surface area contributed by atoms with Crippen LogP contribution in [0.3, 0.4) is 0 Å². The maximum absolute atomic E-state index is 11.8. The number of hydrogen-bond acceptors (Lipinski definition) is 3. The van der Waals surface area contributed by atoms with Crippen LogP contribution >= 0.6 is 11.6 Å². The molecule has 3 rings (SSSR count). The lowest BCUT2D eigenvalue weighted by atomic mass is 10.2. The van der Waals surface area contributed by atoms with Gasteiger partial charge in [-0.1, -0.05) is 35.9 Å². The Kier molecular flexibility index (Phi) is 4.64. The van der Waals surface area contributed by atoms with Gasteiger partial charge in [0.15, 0.2) is 0 Å². The molecule has 0 aliphatic carbocycles. The van der Waals surface area contributed by atoms with E-state index in [1.165, 1.54) is 6.08 Å². The fourth-order valence-electron chi connectivity index (χ4n) is 2.06. The zero-order chi connectivity index (χ0) is 16.1. The third-order valence-corrected chi connectivity index (χ3v) is 3.50. The molecule has 0 aliphatic rings. The monoisotopic (exact) mass is 323 g/mol. The van der Waals surface area contributed by atoms with Crippen molar-refractivity contribution in [1.82, 2.24) is 15.3 Å². The van der Waals surface area contributed by atoms with E-state index < -0.39 is 0 Å². The number of aromatic nitrogens is 2. The Hall–Kier alpha value is -2.72. The largest absolute Gasteiger partial charge is 0.348 e. The third-order valence-electron chi connectivity index (χ3n) is 3.25. The van der Waals surface area contributed by atoms with Gasteiger partial charge in [-0.05, 0) is 35.9 Å².